The molecule has 8 heteroatoms. The summed E-state index contributed by atoms with van der Waals surface area (Å²) >= 11 is 13.4. The summed E-state index contributed by atoms with van der Waals surface area (Å²) < 4.78 is 5.19. The van der Waals surface area contributed by atoms with Crippen LogP contribution in [-0.4, -0.2) is 18.5 Å². The van der Waals surface area contributed by atoms with Crippen LogP contribution in [-0.2, 0) is 22.4 Å². The maximum atomic E-state index is 12.8. The van der Waals surface area contributed by atoms with E-state index in [0.717, 1.165) is 36.1 Å². The molecule has 1 aliphatic rings. The molecular formula is C21H18Cl2N2O3S. The van der Waals surface area contributed by atoms with Crippen LogP contribution in [0.3, 0.4) is 0 Å². The quantitative estimate of drug-likeness (QED) is 0.363. The lowest BCUT2D eigenvalue weighted by molar-refractivity contribution is -0.112. The fourth-order valence-electron chi connectivity index (χ4n) is 3.17. The van der Waals surface area contributed by atoms with Gasteiger partial charge in [-0.1, -0.05) is 29.3 Å². The van der Waals surface area contributed by atoms with E-state index in [9.17, 15) is 14.9 Å². The highest BCUT2D eigenvalue weighted by molar-refractivity contribution is 7.17. The summed E-state index contributed by atoms with van der Waals surface area (Å²) in [6.45, 7) is 1.98. The van der Waals surface area contributed by atoms with Crippen LogP contribution in [0.25, 0.3) is 6.08 Å². The Hall–Kier alpha value is -2.33. The Morgan fingerprint density at radius 2 is 2.07 bits per heavy atom. The number of esters is 1. The summed E-state index contributed by atoms with van der Waals surface area (Å²) in [6, 6.07) is 6.68. The number of aryl methyl sites for hydroxylation is 1. The number of carbonyl (C=O) groups is 2. The van der Waals surface area contributed by atoms with Gasteiger partial charge >= 0.3 is 5.97 Å². The highest BCUT2D eigenvalue weighted by Crippen LogP contribution is 2.39. The van der Waals surface area contributed by atoms with Gasteiger partial charge in [-0.25, -0.2) is 4.79 Å². The monoisotopic (exact) mass is 448 g/mol. The fourth-order valence-corrected chi connectivity index (χ4v) is 4.90. The van der Waals surface area contributed by atoms with Crippen LogP contribution in [0, 0.1) is 11.3 Å². The van der Waals surface area contributed by atoms with Gasteiger partial charge in [-0.2, -0.15) is 5.26 Å². The van der Waals surface area contributed by atoms with E-state index in [1.54, 1.807) is 19.1 Å². The van der Waals surface area contributed by atoms with E-state index in [-0.39, 0.29) is 12.2 Å². The summed E-state index contributed by atoms with van der Waals surface area (Å²) in [5.41, 5.74) is 1.72. The second kappa shape index (κ2) is 9.45. The topological polar surface area (TPSA) is 79.2 Å². The highest BCUT2D eigenvalue weighted by atomic mass is 35.5. The minimum atomic E-state index is -0.609. The van der Waals surface area contributed by atoms with Crippen LogP contribution in [0.15, 0.2) is 23.8 Å². The molecule has 0 saturated heterocycles. The Bertz CT molecular complexity index is 1040. The Morgan fingerprint density at radius 3 is 2.76 bits per heavy atom. The number of carbonyl (C=O) groups excluding carboxylic acids is 2. The number of nitrogens with one attached hydrogen (secondary N) is 1. The normalized spacial score (nSPS) is 13.4. The zero-order valence-electron chi connectivity index (χ0n) is 15.7. The molecule has 0 radical (unpaired) electrons. The Balaban J connectivity index is 1.93. The van der Waals surface area contributed by atoms with Crippen LogP contribution in [0.1, 0.15) is 46.1 Å². The molecular weight excluding hydrogens is 431 g/mol. The molecule has 0 spiro atoms. The molecule has 0 fully saturated rings. The molecule has 0 aliphatic heterocycles. The van der Waals surface area contributed by atoms with Crippen molar-refractivity contribution in [2.45, 2.75) is 32.6 Å². The third-order valence-electron chi connectivity index (χ3n) is 4.51. The van der Waals surface area contributed by atoms with Crippen molar-refractivity contribution < 1.29 is 14.3 Å². The first-order valence-electron chi connectivity index (χ1n) is 9.14. The van der Waals surface area contributed by atoms with Crippen molar-refractivity contribution in [1.82, 2.24) is 0 Å². The Labute approximate surface area is 182 Å². The molecule has 1 aromatic heterocycles. The largest absolute Gasteiger partial charge is 0.462 e. The van der Waals surface area contributed by atoms with Crippen LogP contribution in [0.4, 0.5) is 5.00 Å². The smallest absolute Gasteiger partial charge is 0.341 e. The molecule has 0 unspecified atom stereocenters. The molecule has 2 aromatic rings. The average molecular weight is 449 g/mol. The molecule has 3 rings (SSSR count). The van der Waals surface area contributed by atoms with Crippen molar-refractivity contribution in [2.75, 3.05) is 11.9 Å². The second-order valence-electron chi connectivity index (χ2n) is 6.43. The van der Waals surface area contributed by atoms with E-state index in [2.05, 4.69) is 5.32 Å². The molecule has 0 saturated carbocycles. The maximum absolute atomic E-state index is 12.8. The standard InChI is InChI=1S/C21H18Cl2N2O3S/c1-2-28-21(27)18-15-5-3-4-6-17(15)29-20(18)25-19(26)13(11-24)9-12-7-8-14(22)10-16(12)23/h7-10H,2-6H2,1H3,(H,25,26)/b13-9+. The summed E-state index contributed by atoms with van der Waals surface area (Å²) in [5, 5.41) is 13.4. The number of nitriles is 1. The second-order valence-corrected chi connectivity index (χ2v) is 8.37. The first kappa shape index (κ1) is 21.4. The van der Waals surface area contributed by atoms with Gasteiger partial charge in [-0.15, -0.1) is 11.3 Å². The van der Waals surface area contributed by atoms with Crippen LogP contribution in [0.2, 0.25) is 10.0 Å². The molecule has 0 atom stereocenters. The highest BCUT2D eigenvalue weighted by Gasteiger charge is 2.27. The summed E-state index contributed by atoms with van der Waals surface area (Å²) in [4.78, 5) is 26.3. The average Bonchev–Trinajstić information content (AvgIpc) is 3.05. The molecule has 1 aromatic carbocycles. The summed E-state index contributed by atoms with van der Waals surface area (Å²) in [7, 11) is 0. The van der Waals surface area contributed by atoms with Crippen molar-refractivity contribution in [2.24, 2.45) is 0 Å². The first-order valence-corrected chi connectivity index (χ1v) is 10.7. The third kappa shape index (κ3) is 4.81. The van der Waals surface area contributed by atoms with Crippen molar-refractivity contribution >= 4 is 57.5 Å². The predicted molar refractivity (Wildman–Crippen MR) is 116 cm³/mol. The number of benzene rings is 1. The van der Waals surface area contributed by atoms with E-state index >= 15 is 0 Å². The molecule has 5 nitrogen and oxygen atoms in total. The number of rotatable bonds is 5. The first-order chi connectivity index (χ1) is 13.9. The minimum absolute atomic E-state index is 0.129. The predicted octanol–water partition coefficient (Wildman–Crippen LogP) is 5.66. The van der Waals surface area contributed by atoms with Gasteiger partial charge in [0, 0.05) is 14.9 Å². The number of ether oxygens (including phenoxy) is 1. The lowest BCUT2D eigenvalue weighted by atomic mass is 9.95. The van der Waals surface area contributed by atoms with Gasteiger partial charge in [-0.05, 0) is 61.9 Å². The minimum Gasteiger partial charge on any atom is -0.462 e. The molecule has 29 heavy (non-hydrogen) atoms. The van der Waals surface area contributed by atoms with E-state index < -0.39 is 11.9 Å². The number of fused-ring (bicyclic) bond motifs is 1. The van der Waals surface area contributed by atoms with Crippen molar-refractivity contribution in [3.05, 3.63) is 55.4 Å². The molecule has 1 heterocycles. The fraction of sp³-hybridized carbons (Fsp3) is 0.286. The van der Waals surface area contributed by atoms with E-state index in [1.165, 1.54) is 23.5 Å². The van der Waals surface area contributed by atoms with Gasteiger partial charge < -0.3 is 10.1 Å². The lowest BCUT2D eigenvalue weighted by Gasteiger charge is -2.12. The van der Waals surface area contributed by atoms with Crippen molar-refractivity contribution in [3.8, 4) is 6.07 Å². The van der Waals surface area contributed by atoms with Gasteiger partial charge in [0.05, 0.1) is 12.2 Å². The van der Waals surface area contributed by atoms with Gasteiger partial charge in [0.15, 0.2) is 0 Å². The van der Waals surface area contributed by atoms with Crippen LogP contribution in [0.5, 0.6) is 0 Å². The zero-order valence-corrected chi connectivity index (χ0v) is 18.0. The number of halogens is 2. The number of thiophene rings is 1. The third-order valence-corrected chi connectivity index (χ3v) is 6.27. The van der Waals surface area contributed by atoms with Crippen molar-refractivity contribution in [3.63, 3.8) is 0 Å². The van der Waals surface area contributed by atoms with Gasteiger partial charge in [0.2, 0.25) is 0 Å². The van der Waals surface area contributed by atoms with E-state index in [0.29, 0.717) is 26.2 Å². The SMILES string of the molecule is CCOC(=O)c1c(NC(=O)/C(C#N)=C/c2ccc(Cl)cc2Cl)sc2c1CCCC2. The maximum Gasteiger partial charge on any atom is 0.341 e. The number of hydrogen-bond donors (Lipinski definition) is 1. The van der Waals surface area contributed by atoms with Gasteiger partial charge in [0.25, 0.3) is 5.91 Å². The molecule has 1 amide bonds. The lowest BCUT2D eigenvalue weighted by Crippen LogP contribution is -2.16. The number of hydrogen-bond acceptors (Lipinski definition) is 5. The summed E-state index contributed by atoms with van der Waals surface area (Å²) in [5.74, 6) is -1.06. The van der Waals surface area contributed by atoms with Crippen LogP contribution >= 0.6 is 34.5 Å². The molecule has 1 N–H and O–H groups in total. The van der Waals surface area contributed by atoms with Crippen LogP contribution < -0.4 is 5.32 Å². The van der Waals surface area contributed by atoms with Crippen molar-refractivity contribution in [1.29, 1.82) is 5.26 Å². The Kier molecular flexibility index (Phi) is 6.96. The molecule has 1 aliphatic carbocycles. The number of nitrogens with zero attached hydrogens (tertiary/aromatic N) is 1. The number of anilines is 1. The van der Waals surface area contributed by atoms with Gasteiger partial charge in [0.1, 0.15) is 16.6 Å². The number of amides is 1. The molecule has 0 bridgehead atoms. The van der Waals surface area contributed by atoms with Gasteiger partial charge in [-0.3, -0.25) is 4.79 Å². The van der Waals surface area contributed by atoms with E-state index in [4.69, 9.17) is 27.9 Å². The molecule has 150 valence electrons. The Morgan fingerprint density at radius 1 is 1.31 bits per heavy atom. The summed E-state index contributed by atoms with van der Waals surface area (Å²) in [6.07, 6.45) is 5.07. The zero-order chi connectivity index (χ0) is 21.0. The van der Waals surface area contributed by atoms with E-state index in [1.807, 2.05) is 6.07 Å².